The van der Waals surface area contributed by atoms with Crippen LogP contribution in [0.5, 0.6) is 0 Å². The largest absolute Gasteiger partial charge is 0.372 e. The van der Waals surface area contributed by atoms with E-state index in [1.165, 1.54) is 31.6 Å². The third kappa shape index (κ3) is 3.37. The Morgan fingerprint density at radius 3 is 2.12 bits per heavy atom. The van der Waals surface area contributed by atoms with Crippen LogP contribution in [0.1, 0.15) is 26.7 Å². The number of benzene rings is 1. The number of para-hydroxylation sites is 1. The molecular weight excluding hydrogens is 309 g/mol. The molecule has 0 atom stereocenters. The molecule has 1 aliphatic rings. The van der Waals surface area contributed by atoms with Gasteiger partial charge in [0.2, 0.25) is 0 Å². The van der Waals surface area contributed by atoms with E-state index in [9.17, 15) is 0 Å². The predicted molar refractivity (Wildman–Crippen MR) is 81.6 cm³/mol. The molecule has 0 saturated carbocycles. The Morgan fingerprint density at radius 2 is 1.62 bits per heavy atom. The standard InChI is InChI=1S/C14H21N.HI/c1-12(2)13-8-10-15(11-9-13)14-6-4-3-5-7-14;/h3-7,12-13H,8-11H2,1-2H3;1H. The van der Waals surface area contributed by atoms with Gasteiger partial charge in [-0.3, -0.25) is 0 Å². The second-order valence-electron chi connectivity index (χ2n) is 4.90. The fraction of sp³-hybridized carbons (Fsp3) is 0.571. The van der Waals surface area contributed by atoms with Gasteiger partial charge in [0.15, 0.2) is 0 Å². The number of nitrogens with zero attached hydrogens (tertiary/aromatic N) is 1. The smallest absolute Gasteiger partial charge is 0.0366 e. The van der Waals surface area contributed by atoms with E-state index in [4.69, 9.17) is 0 Å². The fourth-order valence-corrected chi connectivity index (χ4v) is 2.46. The molecule has 90 valence electrons. The number of hydrogen-bond donors (Lipinski definition) is 0. The van der Waals surface area contributed by atoms with Crippen molar-refractivity contribution in [1.82, 2.24) is 0 Å². The Hall–Kier alpha value is -0.250. The minimum absolute atomic E-state index is 0. The van der Waals surface area contributed by atoms with Crippen LogP contribution in [-0.4, -0.2) is 13.1 Å². The lowest BCUT2D eigenvalue weighted by atomic mass is 9.86. The Balaban J connectivity index is 0.00000128. The van der Waals surface area contributed by atoms with E-state index in [0.717, 1.165) is 11.8 Å². The summed E-state index contributed by atoms with van der Waals surface area (Å²) in [5.74, 6) is 1.79. The molecule has 0 spiro atoms. The van der Waals surface area contributed by atoms with Crippen molar-refractivity contribution in [2.75, 3.05) is 18.0 Å². The summed E-state index contributed by atoms with van der Waals surface area (Å²) in [5.41, 5.74) is 1.39. The van der Waals surface area contributed by atoms with E-state index in [1.807, 2.05) is 0 Å². The lowest BCUT2D eigenvalue weighted by Crippen LogP contribution is -2.35. The molecule has 2 heteroatoms. The Labute approximate surface area is 116 Å². The van der Waals surface area contributed by atoms with Crippen LogP contribution in [0.25, 0.3) is 0 Å². The highest BCUT2D eigenvalue weighted by Gasteiger charge is 2.21. The maximum Gasteiger partial charge on any atom is 0.0366 e. The molecule has 0 amide bonds. The van der Waals surface area contributed by atoms with Crippen LogP contribution in [0, 0.1) is 11.8 Å². The van der Waals surface area contributed by atoms with E-state index in [-0.39, 0.29) is 24.0 Å². The van der Waals surface area contributed by atoms with Gasteiger partial charge in [0, 0.05) is 18.8 Å². The first-order chi connectivity index (χ1) is 7.27. The SMILES string of the molecule is CC(C)C1CCN(c2ccccc2)CC1.I. The molecule has 1 heterocycles. The van der Waals surface area contributed by atoms with Crippen molar-refractivity contribution >= 4 is 29.7 Å². The molecule has 0 aromatic heterocycles. The number of rotatable bonds is 2. The van der Waals surface area contributed by atoms with Crippen molar-refractivity contribution in [3.8, 4) is 0 Å². The molecule has 1 saturated heterocycles. The first-order valence-electron chi connectivity index (χ1n) is 6.07. The first kappa shape index (κ1) is 13.8. The third-order valence-electron chi connectivity index (χ3n) is 3.60. The van der Waals surface area contributed by atoms with Crippen molar-refractivity contribution in [3.63, 3.8) is 0 Å². The van der Waals surface area contributed by atoms with Gasteiger partial charge < -0.3 is 4.90 Å². The first-order valence-corrected chi connectivity index (χ1v) is 6.07. The molecule has 1 aromatic rings. The molecule has 1 aliphatic heterocycles. The molecule has 2 rings (SSSR count). The predicted octanol–water partition coefficient (Wildman–Crippen LogP) is 4.18. The maximum atomic E-state index is 2.51. The Morgan fingerprint density at radius 1 is 1.06 bits per heavy atom. The molecule has 1 aromatic carbocycles. The normalized spacial score (nSPS) is 17.3. The average Bonchev–Trinajstić information content (AvgIpc) is 2.30. The Bertz CT molecular complexity index is 289. The summed E-state index contributed by atoms with van der Waals surface area (Å²) in [6, 6.07) is 10.8. The second-order valence-corrected chi connectivity index (χ2v) is 4.90. The molecule has 0 aliphatic carbocycles. The summed E-state index contributed by atoms with van der Waals surface area (Å²) in [4.78, 5) is 2.51. The second kappa shape index (κ2) is 6.48. The highest BCUT2D eigenvalue weighted by Crippen LogP contribution is 2.27. The van der Waals surface area contributed by atoms with Gasteiger partial charge in [0.25, 0.3) is 0 Å². The number of hydrogen-bond acceptors (Lipinski definition) is 1. The molecule has 1 fully saturated rings. The van der Waals surface area contributed by atoms with Crippen LogP contribution in [0.3, 0.4) is 0 Å². The summed E-state index contributed by atoms with van der Waals surface area (Å²) in [6.45, 7) is 7.16. The maximum absolute atomic E-state index is 2.51. The van der Waals surface area contributed by atoms with Crippen molar-refractivity contribution in [2.45, 2.75) is 26.7 Å². The molecular formula is C14H22IN. The fourth-order valence-electron chi connectivity index (χ4n) is 2.46. The lowest BCUT2D eigenvalue weighted by Gasteiger charge is -2.35. The van der Waals surface area contributed by atoms with Crippen LogP contribution in [0.4, 0.5) is 5.69 Å². The number of anilines is 1. The topological polar surface area (TPSA) is 3.24 Å². The monoisotopic (exact) mass is 331 g/mol. The molecule has 16 heavy (non-hydrogen) atoms. The number of piperidine rings is 1. The van der Waals surface area contributed by atoms with Crippen molar-refractivity contribution < 1.29 is 0 Å². The van der Waals surface area contributed by atoms with E-state index >= 15 is 0 Å². The van der Waals surface area contributed by atoms with Crippen molar-refractivity contribution in [1.29, 1.82) is 0 Å². The minimum atomic E-state index is 0. The van der Waals surface area contributed by atoms with Crippen LogP contribution >= 0.6 is 24.0 Å². The van der Waals surface area contributed by atoms with Gasteiger partial charge in [-0.05, 0) is 36.8 Å². The Kier molecular flexibility index (Phi) is 5.59. The zero-order valence-corrected chi connectivity index (χ0v) is 12.6. The molecule has 0 radical (unpaired) electrons. The van der Waals surface area contributed by atoms with Crippen molar-refractivity contribution in [2.24, 2.45) is 11.8 Å². The molecule has 0 bridgehead atoms. The van der Waals surface area contributed by atoms with E-state index in [1.54, 1.807) is 0 Å². The van der Waals surface area contributed by atoms with Crippen LogP contribution in [-0.2, 0) is 0 Å². The quantitative estimate of drug-likeness (QED) is 0.735. The van der Waals surface area contributed by atoms with Crippen LogP contribution in [0.2, 0.25) is 0 Å². The van der Waals surface area contributed by atoms with Crippen LogP contribution in [0.15, 0.2) is 30.3 Å². The van der Waals surface area contributed by atoms with Gasteiger partial charge in [0.05, 0.1) is 0 Å². The highest BCUT2D eigenvalue weighted by molar-refractivity contribution is 14.0. The molecule has 0 unspecified atom stereocenters. The minimum Gasteiger partial charge on any atom is -0.372 e. The lowest BCUT2D eigenvalue weighted by molar-refractivity contribution is 0.311. The summed E-state index contributed by atoms with van der Waals surface area (Å²) >= 11 is 0. The van der Waals surface area contributed by atoms with Gasteiger partial charge in [-0.25, -0.2) is 0 Å². The van der Waals surface area contributed by atoms with Gasteiger partial charge >= 0.3 is 0 Å². The zero-order chi connectivity index (χ0) is 10.7. The van der Waals surface area contributed by atoms with E-state index in [0.29, 0.717) is 0 Å². The van der Waals surface area contributed by atoms with Gasteiger partial charge in [-0.2, -0.15) is 0 Å². The molecule has 0 N–H and O–H groups in total. The summed E-state index contributed by atoms with van der Waals surface area (Å²) in [6.07, 6.45) is 2.71. The van der Waals surface area contributed by atoms with E-state index in [2.05, 4.69) is 49.1 Å². The summed E-state index contributed by atoms with van der Waals surface area (Å²) in [7, 11) is 0. The van der Waals surface area contributed by atoms with Crippen molar-refractivity contribution in [3.05, 3.63) is 30.3 Å². The zero-order valence-electron chi connectivity index (χ0n) is 10.2. The molecule has 1 nitrogen and oxygen atoms in total. The number of halogens is 1. The van der Waals surface area contributed by atoms with E-state index < -0.39 is 0 Å². The summed E-state index contributed by atoms with van der Waals surface area (Å²) < 4.78 is 0. The van der Waals surface area contributed by atoms with Crippen LogP contribution < -0.4 is 4.90 Å². The summed E-state index contributed by atoms with van der Waals surface area (Å²) in [5, 5.41) is 0. The van der Waals surface area contributed by atoms with Gasteiger partial charge in [0.1, 0.15) is 0 Å². The average molecular weight is 331 g/mol. The highest BCUT2D eigenvalue weighted by atomic mass is 127. The third-order valence-corrected chi connectivity index (χ3v) is 3.60. The van der Waals surface area contributed by atoms with Gasteiger partial charge in [-0.15, -0.1) is 24.0 Å². The van der Waals surface area contributed by atoms with Gasteiger partial charge in [-0.1, -0.05) is 32.0 Å².